The van der Waals surface area contributed by atoms with E-state index >= 15 is 0 Å². The molecule has 4 rings (SSSR count). The fourth-order valence-corrected chi connectivity index (χ4v) is 5.07. The smallest absolute Gasteiger partial charge is 0.339 e. The van der Waals surface area contributed by atoms with Crippen LogP contribution in [0.15, 0.2) is 65.7 Å². The predicted octanol–water partition coefficient (Wildman–Crippen LogP) is 4.09. The summed E-state index contributed by atoms with van der Waals surface area (Å²) in [6, 6.07) is 15.4. The molecule has 0 N–H and O–H groups in total. The van der Waals surface area contributed by atoms with Crippen molar-refractivity contribution in [3.05, 3.63) is 83.2 Å². The topological polar surface area (TPSA) is 68.6 Å². The number of benzene rings is 2. The second-order valence-electron chi connectivity index (χ2n) is 7.63. The third-order valence-corrected chi connectivity index (χ3v) is 6.91. The number of hydrogen-bond acceptors (Lipinski definition) is 4. The molecule has 2 aromatic carbocycles. The molecule has 30 heavy (non-hydrogen) atoms. The third-order valence-electron chi connectivity index (χ3n) is 5.52. The summed E-state index contributed by atoms with van der Waals surface area (Å²) < 4.78 is 32.8. The zero-order valence-corrected chi connectivity index (χ0v) is 18.0. The molecule has 156 valence electrons. The molecule has 0 bridgehead atoms. The monoisotopic (exact) mass is 424 g/mol. The summed E-state index contributed by atoms with van der Waals surface area (Å²) in [5.41, 5.74) is 3.06. The average molecular weight is 425 g/mol. The first-order chi connectivity index (χ1) is 14.3. The Morgan fingerprint density at radius 3 is 2.50 bits per heavy atom. The number of nitrogens with zero attached hydrogens (tertiary/aromatic N) is 2. The Morgan fingerprint density at radius 2 is 1.77 bits per heavy atom. The molecule has 1 atom stereocenters. The van der Waals surface area contributed by atoms with Crippen LogP contribution < -0.4 is 4.18 Å². The molecule has 0 fully saturated rings. The SMILES string of the molecule is Cc1ccc(C)c(S(=O)(=O)Oc2ccc(C(=O)N3CCn4cccc4[C@@H]3C)cc2)c1. The van der Waals surface area contributed by atoms with Gasteiger partial charge in [0.25, 0.3) is 5.91 Å². The number of carbonyl (C=O) groups is 1. The van der Waals surface area contributed by atoms with Crippen molar-refractivity contribution in [3.8, 4) is 5.75 Å². The van der Waals surface area contributed by atoms with Crippen molar-refractivity contribution in [1.82, 2.24) is 9.47 Å². The van der Waals surface area contributed by atoms with Crippen LogP contribution in [-0.2, 0) is 16.7 Å². The van der Waals surface area contributed by atoms with E-state index in [2.05, 4.69) is 4.57 Å². The zero-order valence-electron chi connectivity index (χ0n) is 17.2. The molecule has 1 aliphatic rings. The summed E-state index contributed by atoms with van der Waals surface area (Å²) in [6.07, 6.45) is 2.02. The lowest BCUT2D eigenvalue weighted by Crippen LogP contribution is -2.40. The van der Waals surface area contributed by atoms with Crippen molar-refractivity contribution in [1.29, 1.82) is 0 Å². The van der Waals surface area contributed by atoms with Gasteiger partial charge in [-0.25, -0.2) is 0 Å². The molecule has 0 unspecified atom stereocenters. The summed E-state index contributed by atoms with van der Waals surface area (Å²) in [4.78, 5) is 15.0. The second kappa shape index (κ2) is 7.65. The Balaban J connectivity index is 1.52. The van der Waals surface area contributed by atoms with Crippen LogP contribution in [0.25, 0.3) is 0 Å². The summed E-state index contributed by atoms with van der Waals surface area (Å²) >= 11 is 0. The lowest BCUT2D eigenvalue weighted by atomic mass is 10.1. The molecule has 0 saturated heterocycles. The fraction of sp³-hybridized carbons (Fsp3) is 0.261. The van der Waals surface area contributed by atoms with Crippen LogP contribution in [0.3, 0.4) is 0 Å². The second-order valence-corrected chi connectivity index (χ2v) is 9.15. The lowest BCUT2D eigenvalue weighted by molar-refractivity contribution is 0.0644. The highest BCUT2D eigenvalue weighted by Gasteiger charge is 2.28. The van der Waals surface area contributed by atoms with Gasteiger partial charge in [-0.15, -0.1) is 0 Å². The molecule has 2 heterocycles. The van der Waals surface area contributed by atoms with Crippen molar-refractivity contribution in [2.24, 2.45) is 0 Å². The lowest BCUT2D eigenvalue weighted by Gasteiger charge is -2.35. The predicted molar refractivity (Wildman–Crippen MR) is 114 cm³/mol. The zero-order chi connectivity index (χ0) is 21.5. The van der Waals surface area contributed by atoms with Gasteiger partial charge in [-0.3, -0.25) is 4.79 Å². The largest absolute Gasteiger partial charge is 0.379 e. The Labute approximate surface area is 176 Å². The van der Waals surface area contributed by atoms with E-state index in [1.54, 1.807) is 31.2 Å². The van der Waals surface area contributed by atoms with E-state index in [0.717, 1.165) is 17.8 Å². The van der Waals surface area contributed by atoms with Crippen LogP contribution in [0, 0.1) is 13.8 Å². The minimum atomic E-state index is -3.95. The van der Waals surface area contributed by atoms with Crippen LogP contribution >= 0.6 is 0 Å². The molecule has 1 amide bonds. The van der Waals surface area contributed by atoms with Gasteiger partial charge in [0.15, 0.2) is 0 Å². The van der Waals surface area contributed by atoms with E-state index in [9.17, 15) is 13.2 Å². The van der Waals surface area contributed by atoms with Crippen LogP contribution in [0.1, 0.15) is 40.1 Å². The number of aryl methyl sites for hydroxylation is 2. The van der Waals surface area contributed by atoms with Gasteiger partial charge >= 0.3 is 10.1 Å². The van der Waals surface area contributed by atoms with Gasteiger partial charge in [-0.1, -0.05) is 12.1 Å². The highest BCUT2D eigenvalue weighted by atomic mass is 32.2. The molecule has 6 nitrogen and oxygen atoms in total. The first-order valence-electron chi connectivity index (χ1n) is 9.84. The molecule has 0 aliphatic carbocycles. The molecule has 0 saturated carbocycles. The van der Waals surface area contributed by atoms with Gasteiger partial charge in [-0.2, -0.15) is 8.42 Å². The van der Waals surface area contributed by atoms with E-state index in [1.807, 2.05) is 43.1 Å². The van der Waals surface area contributed by atoms with Gasteiger partial charge in [0.2, 0.25) is 0 Å². The molecular formula is C23H24N2O4S. The molecule has 1 aliphatic heterocycles. The van der Waals surface area contributed by atoms with Gasteiger partial charge in [0, 0.05) is 30.5 Å². The normalized spacial score (nSPS) is 16.2. The first-order valence-corrected chi connectivity index (χ1v) is 11.2. The Hall–Kier alpha value is -3.06. The maximum absolute atomic E-state index is 13.0. The fourth-order valence-electron chi connectivity index (χ4n) is 3.82. The molecule has 3 aromatic rings. The molecule has 7 heteroatoms. The van der Waals surface area contributed by atoms with Crippen LogP contribution in [0.4, 0.5) is 0 Å². The van der Waals surface area contributed by atoms with Crippen molar-refractivity contribution >= 4 is 16.0 Å². The van der Waals surface area contributed by atoms with Crippen LogP contribution in [0.2, 0.25) is 0 Å². The Bertz CT molecular complexity index is 1200. The maximum atomic E-state index is 13.0. The molecule has 1 aromatic heterocycles. The number of amides is 1. The van der Waals surface area contributed by atoms with E-state index in [-0.39, 0.29) is 22.6 Å². The number of aromatic nitrogens is 1. The molecule has 0 spiro atoms. The van der Waals surface area contributed by atoms with Crippen molar-refractivity contribution in [3.63, 3.8) is 0 Å². The minimum absolute atomic E-state index is 0.0261. The van der Waals surface area contributed by atoms with Gasteiger partial charge < -0.3 is 13.7 Å². The van der Waals surface area contributed by atoms with Gasteiger partial charge in [-0.05, 0) is 74.4 Å². The van der Waals surface area contributed by atoms with E-state index in [1.165, 1.54) is 12.1 Å². The standard InChI is InChI=1S/C23H24N2O4S/c1-16-6-7-17(2)22(15-16)30(27,28)29-20-10-8-19(9-11-20)23(26)25-14-13-24-12-4-5-21(24)18(25)3/h4-12,15,18H,13-14H2,1-3H3/t18-/m0/s1. The number of fused-ring (bicyclic) bond motifs is 1. The van der Waals surface area contributed by atoms with Crippen LogP contribution in [-0.4, -0.2) is 30.3 Å². The van der Waals surface area contributed by atoms with E-state index in [0.29, 0.717) is 17.7 Å². The Morgan fingerprint density at radius 1 is 1.03 bits per heavy atom. The van der Waals surface area contributed by atoms with E-state index in [4.69, 9.17) is 4.18 Å². The summed E-state index contributed by atoms with van der Waals surface area (Å²) in [6.45, 7) is 6.96. The summed E-state index contributed by atoms with van der Waals surface area (Å²) in [7, 11) is -3.95. The quantitative estimate of drug-likeness (QED) is 0.592. The van der Waals surface area contributed by atoms with E-state index < -0.39 is 10.1 Å². The highest BCUT2D eigenvalue weighted by Crippen LogP contribution is 2.28. The number of hydrogen-bond donors (Lipinski definition) is 0. The minimum Gasteiger partial charge on any atom is -0.379 e. The van der Waals surface area contributed by atoms with Crippen molar-refractivity contribution in [2.75, 3.05) is 6.54 Å². The summed E-state index contributed by atoms with van der Waals surface area (Å²) in [5, 5.41) is 0. The molecule has 0 radical (unpaired) electrons. The van der Waals surface area contributed by atoms with Crippen LogP contribution in [0.5, 0.6) is 5.75 Å². The summed E-state index contributed by atoms with van der Waals surface area (Å²) in [5.74, 6) is 0.0897. The third kappa shape index (κ3) is 3.73. The van der Waals surface area contributed by atoms with Gasteiger partial charge in [0.05, 0.1) is 6.04 Å². The van der Waals surface area contributed by atoms with Gasteiger partial charge in [0.1, 0.15) is 10.6 Å². The maximum Gasteiger partial charge on any atom is 0.339 e. The Kier molecular flexibility index (Phi) is 5.15. The van der Waals surface area contributed by atoms with Crippen molar-refractivity contribution < 1.29 is 17.4 Å². The number of carbonyl (C=O) groups excluding carboxylic acids is 1. The number of rotatable bonds is 4. The van der Waals surface area contributed by atoms with Crippen molar-refractivity contribution in [2.45, 2.75) is 38.3 Å². The highest BCUT2D eigenvalue weighted by molar-refractivity contribution is 7.87. The first kappa shape index (κ1) is 20.2. The molecular weight excluding hydrogens is 400 g/mol. The average Bonchev–Trinajstić information content (AvgIpc) is 3.20.